The second-order valence-corrected chi connectivity index (χ2v) is 6.46. The van der Waals surface area contributed by atoms with Crippen LogP contribution in [0.15, 0.2) is 73.1 Å². The molecule has 7 heteroatoms. The van der Waals surface area contributed by atoms with Crippen molar-refractivity contribution in [1.82, 2.24) is 19.7 Å². The first-order chi connectivity index (χ1) is 14.1. The van der Waals surface area contributed by atoms with Crippen LogP contribution >= 0.6 is 0 Å². The molecule has 0 unspecified atom stereocenters. The van der Waals surface area contributed by atoms with Gasteiger partial charge in [-0.2, -0.15) is 10.1 Å². The molecule has 0 aliphatic carbocycles. The maximum absolute atomic E-state index is 12.4. The average molecular weight is 385 g/mol. The average Bonchev–Trinajstić information content (AvgIpc) is 3.24. The summed E-state index contributed by atoms with van der Waals surface area (Å²) in [5.74, 6) is 2.07. The lowest BCUT2D eigenvalue weighted by atomic mass is 10.1. The molecule has 2 aromatic heterocycles. The summed E-state index contributed by atoms with van der Waals surface area (Å²) in [4.78, 5) is 21.1. The number of aromatic nitrogens is 4. The third kappa shape index (κ3) is 4.30. The van der Waals surface area contributed by atoms with Crippen LogP contribution in [-0.4, -0.2) is 25.7 Å². The van der Waals surface area contributed by atoms with Gasteiger partial charge < -0.3 is 10.1 Å². The molecule has 4 rings (SSSR count). The first-order valence-corrected chi connectivity index (χ1v) is 9.09. The van der Waals surface area contributed by atoms with Crippen molar-refractivity contribution in [1.29, 1.82) is 0 Å². The summed E-state index contributed by atoms with van der Waals surface area (Å²) < 4.78 is 7.50. The zero-order chi connectivity index (χ0) is 20.2. The smallest absolute Gasteiger partial charge is 0.255 e. The molecule has 144 valence electrons. The van der Waals surface area contributed by atoms with Gasteiger partial charge in [0.2, 0.25) is 5.88 Å². The van der Waals surface area contributed by atoms with Crippen molar-refractivity contribution < 1.29 is 9.53 Å². The molecule has 7 nitrogen and oxygen atoms in total. The summed E-state index contributed by atoms with van der Waals surface area (Å²) in [5.41, 5.74) is 2.26. The number of hydrogen-bond donors (Lipinski definition) is 1. The van der Waals surface area contributed by atoms with E-state index in [2.05, 4.69) is 20.4 Å². The SMILES string of the molecule is Cc1nc(Oc2ccc(NC(=O)c3ccccc3C)cc2)cc(-n2cccn2)n1. The van der Waals surface area contributed by atoms with E-state index >= 15 is 0 Å². The van der Waals surface area contributed by atoms with E-state index in [1.807, 2.05) is 31.2 Å². The molecule has 1 N–H and O–H groups in total. The first-order valence-electron chi connectivity index (χ1n) is 9.09. The van der Waals surface area contributed by atoms with Gasteiger partial charge in [0.1, 0.15) is 11.6 Å². The van der Waals surface area contributed by atoms with E-state index < -0.39 is 0 Å². The lowest BCUT2D eigenvalue weighted by Gasteiger charge is -2.10. The number of benzene rings is 2. The quantitative estimate of drug-likeness (QED) is 0.553. The van der Waals surface area contributed by atoms with Crippen molar-refractivity contribution in [3.63, 3.8) is 0 Å². The van der Waals surface area contributed by atoms with Crippen LogP contribution in [0, 0.1) is 13.8 Å². The minimum absolute atomic E-state index is 0.146. The fraction of sp³-hybridized carbons (Fsp3) is 0.0909. The Kier molecular flexibility index (Phi) is 5.03. The van der Waals surface area contributed by atoms with Gasteiger partial charge in [-0.05, 0) is 55.8 Å². The van der Waals surface area contributed by atoms with Gasteiger partial charge in [-0.15, -0.1) is 0 Å². The number of nitrogens with one attached hydrogen (secondary N) is 1. The molecule has 0 fully saturated rings. The number of anilines is 1. The Hall–Kier alpha value is -4.00. The van der Waals surface area contributed by atoms with Crippen LogP contribution in [0.5, 0.6) is 11.6 Å². The highest BCUT2D eigenvalue weighted by atomic mass is 16.5. The molecule has 2 heterocycles. The standard InChI is InChI=1S/C22H19N5O2/c1-15-6-3-4-7-19(15)22(28)26-17-8-10-18(11-9-17)29-21-14-20(24-16(2)25-21)27-13-5-12-23-27/h3-14H,1-2H3,(H,26,28). The fourth-order valence-corrected chi connectivity index (χ4v) is 2.85. The number of aryl methyl sites for hydroxylation is 2. The van der Waals surface area contributed by atoms with Crippen LogP contribution in [0.4, 0.5) is 5.69 Å². The van der Waals surface area contributed by atoms with E-state index in [9.17, 15) is 4.79 Å². The van der Waals surface area contributed by atoms with Gasteiger partial charge >= 0.3 is 0 Å². The van der Waals surface area contributed by atoms with Gasteiger partial charge in [-0.3, -0.25) is 4.79 Å². The van der Waals surface area contributed by atoms with Crippen molar-refractivity contribution in [2.24, 2.45) is 0 Å². The summed E-state index contributed by atoms with van der Waals surface area (Å²) in [6.45, 7) is 3.71. The third-order valence-electron chi connectivity index (χ3n) is 4.26. The molecule has 0 atom stereocenters. The second-order valence-electron chi connectivity index (χ2n) is 6.46. The zero-order valence-corrected chi connectivity index (χ0v) is 16.0. The molecule has 0 bridgehead atoms. The van der Waals surface area contributed by atoms with E-state index in [-0.39, 0.29) is 5.91 Å². The normalized spacial score (nSPS) is 10.6. The molecule has 2 aromatic carbocycles. The number of nitrogens with zero attached hydrogens (tertiary/aromatic N) is 4. The minimum Gasteiger partial charge on any atom is -0.439 e. The van der Waals surface area contributed by atoms with E-state index in [1.54, 1.807) is 60.4 Å². The second kappa shape index (κ2) is 7.93. The maximum atomic E-state index is 12.4. The van der Waals surface area contributed by atoms with Crippen molar-refractivity contribution in [2.75, 3.05) is 5.32 Å². The van der Waals surface area contributed by atoms with Gasteiger partial charge in [0.15, 0.2) is 5.82 Å². The minimum atomic E-state index is -0.146. The molecule has 0 saturated heterocycles. The molecular formula is C22H19N5O2. The number of ether oxygens (including phenoxy) is 1. The Bertz CT molecular complexity index is 1140. The number of amides is 1. The predicted octanol–water partition coefficient (Wildman–Crippen LogP) is 4.32. The van der Waals surface area contributed by atoms with Gasteiger partial charge in [0, 0.05) is 29.7 Å². The maximum Gasteiger partial charge on any atom is 0.255 e. The topological polar surface area (TPSA) is 81.9 Å². The predicted molar refractivity (Wildman–Crippen MR) is 110 cm³/mol. The molecule has 29 heavy (non-hydrogen) atoms. The zero-order valence-electron chi connectivity index (χ0n) is 16.0. The lowest BCUT2D eigenvalue weighted by molar-refractivity contribution is 0.102. The first kappa shape index (κ1) is 18.4. The number of rotatable bonds is 5. The van der Waals surface area contributed by atoms with E-state index in [0.717, 1.165) is 5.56 Å². The van der Waals surface area contributed by atoms with Crippen LogP contribution in [0.2, 0.25) is 0 Å². The number of carbonyl (C=O) groups is 1. The van der Waals surface area contributed by atoms with Crippen molar-refractivity contribution in [2.45, 2.75) is 13.8 Å². The highest BCUT2D eigenvalue weighted by Crippen LogP contribution is 2.23. The van der Waals surface area contributed by atoms with E-state index in [1.165, 1.54) is 0 Å². The monoisotopic (exact) mass is 385 g/mol. The summed E-state index contributed by atoms with van der Waals surface area (Å²) in [7, 11) is 0. The third-order valence-corrected chi connectivity index (χ3v) is 4.26. The summed E-state index contributed by atoms with van der Waals surface area (Å²) >= 11 is 0. The Morgan fingerprint density at radius 3 is 2.52 bits per heavy atom. The molecule has 0 radical (unpaired) electrons. The van der Waals surface area contributed by atoms with Crippen LogP contribution in [-0.2, 0) is 0 Å². The van der Waals surface area contributed by atoms with E-state index in [0.29, 0.717) is 34.5 Å². The fourth-order valence-electron chi connectivity index (χ4n) is 2.85. The highest BCUT2D eigenvalue weighted by Gasteiger charge is 2.09. The molecule has 1 amide bonds. The summed E-state index contributed by atoms with van der Waals surface area (Å²) in [6, 6.07) is 18.1. The highest BCUT2D eigenvalue weighted by molar-refractivity contribution is 6.05. The summed E-state index contributed by atoms with van der Waals surface area (Å²) in [6.07, 6.45) is 3.49. The Balaban J connectivity index is 1.48. The Labute approximate surface area is 168 Å². The van der Waals surface area contributed by atoms with E-state index in [4.69, 9.17) is 4.74 Å². The lowest BCUT2D eigenvalue weighted by Crippen LogP contribution is -2.13. The summed E-state index contributed by atoms with van der Waals surface area (Å²) in [5, 5.41) is 7.07. The van der Waals surface area contributed by atoms with Gasteiger partial charge in [0.05, 0.1) is 0 Å². The van der Waals surface area contributed by atoms with Crippen LogP contribution in [0.1, 0.15) is 21.7 Å². The molecule has 0 spiro atoms. The largest absolute Gasteiger partial charge is 0.439 e. The van der Waals surface area contributed by atoms with Crippen molar-refractivity contribution >= 4 is 11.6 Å². The van der Waals surface area contributed by atoms with Gasteiger partial charge in [0.25, 0.3) is 5.91 Å². The van der Waals surface area contributed by atoms with Gasteiger partial charge in [-0.1, -0.05) is 18.2 Å². The van der Waals surface area contributed by atoms with Crippen LogP contribution in [0.3, 0.4) is 0 Å². The number of carbonyl (C=O) groups excluding carboxylic acids is 1. The molecule has 4 aromatic rings. The molecule has 0 aliphatic rings. The molecule has 0 aliphatic heterocycles. The Morgan fingerprint density at radius 1 is 1.00 bits per heavy atom. The molecular weight excluding hydrogens is 366 g/mol. The van der Waals surface area contributed by atoms with Gasteiger partial charge in [-0.25, -0.2) is 9.67 Å². The molecule has 0 saturated carbocycles. The van der Waals surface area contributed by atoms with Crippen LogP contribution < -0.4 is 10.1 Å². The van der Waals surface area contributed by atoms with Crippen molar-refractivity contribution in [3.05, 3.63) is 90.0 Å². The Morgan fingerprint density at radius 2 is 1.79 bits per heavy atom. The van der Waals surface area contributed by atoms with Crippen LogP contribution in [0.25, 0.3) is 5.82 Å². The number of hydrogen-bond acceptors (Lipinski definition) is 5. The van der Waals surface area contributed by atoms with Crippen molar-refractivity contribution in [3.8, 4) is 17.4 Å².